The molecule has 9 heteroatoms. The van der Waals surface area contributed by atoms with E-state index in [2.05, 4.69) is 15.2 Å². The Morgan fingerprint density at radius 3 is 2.61 bits per heavy atom. The minimum Gasteiger partial charge on any atom is -0.508 e. The number of benzene rings is 2. The number of carbonyl (C=O) groups excluding carboxylic acids is 1. The molecule has 0 saturated heterocycles. The number of fused-ring (bicyclic) bond motifs is 1. The molecule has 2 N–H and O–H groups in total. The van der Waals surface area contributed by atoms with Crippen molar-refractivity contribution in [1.82, 2.24) is 4.98 Å². The van der Waals surface area contributed by atoms with Gasteiger partial charge in [0, 0.05) is 11.6 Å². The van der Waals surface area contributed by atoms with Crippen LogP contribution in [0.4, 0.5) is 11.7 Å². The van der Waals surface area contributed by atoms with Gasteiger partial charge < -0.3 is 19.0 Å². The van der Waals surface area contributed by atoms with Crippen molar-refractivity contribution in [1.29, 1.82) is 0 Å². The van der Waals surface area contributed by atoms with Crippen LogP contribution in [0.3, 0.4) is 0 Å². The lowest BCUT2D eigenvalue weighted by atomic mass is 10.0. The molecular formula is C19H11N3O6. The topological polar surface area (TPSA) is 138 Å². The maximum absolute atomic E-state index is 12.5. The molecular weight excluding hydrogens is 366 g/mol. The van der Waals surface area contributed by atoms with Crippen molar-refractivity contribution >= 4 is 28.6 Å². The van der Waals surface area contributed by atoms with Gasteiger partial charge in [-0.2, -0.15) is 4.98 Å². The van der Waals surface area contributed by atoms with Crippen molar-refractivity contribution in [3.05, 3.63) is 76.3 Å². The Bertz CT molecular complexity index is 1270. The summed E-state index contributed by atoms with van der Waals surface area (Å²) in [6, 6.07) is 12.2. The van der Waals surface area contributed by atoms with Gasteiger partial charge in [-0.1, -0.05) is 35.4 Å². The number of aromatic hydroxyl groups is 2. The van der Waals surface area contributed by atoms with E-state index in [4.69, 9.17) is 8.83 Å². The zero-order valence-corrected chi connectivity index (χ0v) is 14.1. The highest BCUT2D eigenvalue weighted by atomic mass is 16.4. The summed E-state index contributed by atoms with van der Waals surface area (Å²) >= 11 is 0. The Morgan fingerprint density at radius 2 is 1.82 bits per heavy atom. The van der Waals surface area contributed by atoms with Crippen LogP contribution in [0.1, 0.15) is 15.9 Å². The monoisotopic (exact) mass is 377 g/mol. The number of oxazole rings is 1. The largest absolute Gasteiger partial charge is 0.508 e. The number of hydrogen-bond donors (Lipinski definition) is 2. The molecule has 0 aliphatic heterocycles. The number of carbonyl (C=O) groups is 1. The predicted molar refractivity (Wildman–Crippen MR) is 96.4 cm³/mol. The van der Waals surface area contributed by atoms with Crippen LogP contribution in [-0.4, -0.2) is 21.0 Å². The summed E-state index contributed by atoms with van der Waals surface area (Å²) in [6.07, 6.45) is 0.869. The van der Waals surface area contributed by atoms with Crippen LogP contribution in [-0.2, 0) is 0 Å². The van der Waals surface area contributed by atoms with Crippen LogP contribution in [0.5, 0.6) is 11.5 Å². The van der Waals surface area contributed by atoms with Crippen LogP contribution in [0.15, 0.2) is 78.7 Å². The molecule has 0 aliphatic rings. The molecule has 28 heavy (non-hydrogen) atoms. The van der Waals surface area contributed by atoms with Crippen LogP contribution < -0.4 is 5.63 Å². The first kappa shape index (κ1) is 17.2. The molecule has 0 amide bonds. The summed E-state index contributed by atoms with van der Waals surface area (Å²) in [5.41, 5.74) is -0.809. The van der Waals surface area contributed by atoms with Gasteiger partial charge in [-0.3, -0.25) is 4.79 Å². The number of nitrogens with zero attached hydrogens (tertiary/aromatic N) is 3. The van der Waals surface area contributed by atoms with E-state index in [1.165, 1.54) is 18.2 Å². The summed E-state index contributed by atoms with van der Waals surface area (Å²) in [5.74, 6) is -1.23. The van der Waals surface area contributed by atoms with E-state index in [1.807, 2.05) is 0 Å². The zero-order chi connectivity index (χ0) is 19.7. The average molecular weight is 377 g/mol. The van der Waals surface area contributed by atoms with E-state index in [-0.39, 0.29) is 22.9 Å². The van der Waals surface area contributed by atoms with Crippen LogP contribution >= 0.6 is 0 Å². The SMILES string of the molecule is O=C(c1ccccc1)c1coc(=O)c(N=Nc2nc3ccc(O)cc3o2)c1O. The van der Waals surface area contributed by atoms with Gasteiger partial charge in [0.05, 0.1) is 0 Å². The lowest BCUT2D eigenvalue weighted by Crippen LogP contribution is -2.06. The van der Waals surface area contributed by atoms with Crippen molar-refractivity contribution in [2.24, 2.45) is 10.2 Å². The number of rotatable bonds is 4. The third-order valence-corrected chi connectivity index (χ3v) is 3.83. The first-order chi connectivity index (χ1) is 13.5. The molecule has 4 aromatic rings. The standard InChI is InChI=1S/C19H11N3O6/c23-11-6-7-13-14(8-11)28-19(20-13)22-21-15-17(25)12(9-27-18(15)26)16(24)10-4-2-1-3-5-10/h1-9,23,25H. The van der Waals surface area contributed by atoms with E-state index < -0.39 is 22.8 Å². The molecule has 0 radical (unpaired) electrons. The second kappa shape index (κ2) is 6.80. The number of aromatic nitrogens is 1. The van der Waals surface area contributed by atoms with Gasteiger partial charge in [0.25, 0.3) is 0 Å². The van der Waals surface area contributed by atoms with Crippen LogP contribution in [0, 0.1) is 0 Å². The molecule has 0 unspecified atom stereocenters. The third-order valence-electron chi connectivity index (χ3n) is 3.83. The maximum atomic E-state index is 12.5. The first-order valence-corrected chi connectivity index (χ1v) is 7.99. The van der Waals surface area contributed by atoms with E-state index >= 15 is 0 Å². The van der Waals surface area contributed by atoms with Crippen LogP contribution in [0.2, 0.25) is 0 Å². The van der Waals surface area contributed by atoms with Gasteiger partial charge in [0.2, 0.25) is 5.69 Å². The fourth-order valence-electron chi connectivity index (χ4n) is 2.48. The molecule has 4 rings (SSSR count). The summed E-state index contributed by atoms with van der Waals surface area (Å²) in [6.45, 7) is 0. The quantitative estimate of drug-likeness (QED) is 0.407. The Morgan fingerprint density at radius 1 is 1.04 bits per heavy atom. The molecule has 0 atom stereocenters. The fraction of sp³-hybridized carbons (Fsp3) is 0. The minimum absolute atomic E-state index is 0.0162. The molecule has 0 saturated carbocycles. The molecule has 0 bridgehead atoms. The van der Waals surface area contributed by atoms with Gasteiger partial charge >= 0.3 is 11.6 Å². The van der Waals surface area contributed by atoms with Crippen molar-refractivity contribution < 1.29 is 23.8 Å². The lowest BCUT2D eigenvalue weighted by Gasteiger charge is -2.04. The molecule has 2 aromatic carbocycles. The van der Waals surface area contributed by atoms with E-state index in [1.54, 1.807) is 30.3 Å². The Labute approximate surface area is 156 Å². The van der Waals surface area contributed by atoms with Crippen molar-refractivity contribution in [2.75, 3.05) is 0 Å². The second-order valence-electron chi connectivity index (χ2n) is 5.68. The summed E-state index contributed by atoms with van der Waals surface area (Å²) < 4.78 is 10.1. The highest BCUT2D eigenvalue weighted by Gasteiger charge is 2.20. The molecule has 9 nitrogen and oxygen atoms in total. The molecule has 0 spiro atoms. The third kappa shape index (κ3) is 3.12. The van der Waals surface area contributed by atoms with Gasteiger partial charge in [-0.25, -0.2) is 4.79 Å². The minimum atomic E-state index is -0.986. The number of ketones is 1. The molecule has 138 valence electrons. The van der Waals surface area contributed by atoms with E-state index in [0.717, 1.165) is 6.26 Å². The normalized spacial score (nSPS) is 11.3. The summed E-state index contributed by atoms with van der Waals surface area (Å²) in [7, 11) is 0. The number of azo groups is 1. The molecule has 2 aromatic heterocycles. The summed E-state index contributed by atoms with van der Waals surface area (Å²) in [4.78, 5) is 28.4. The highest BCUT2D eigenvalue weighted by Crippen LogP contribution is 2.31. The van der Waals surface area contributed by atoms with Crippen molar-refractivity contribution in [3.8, 4) is 11.5 Å². The average Bonchev–Trinajstić information content (AvgIpc) is 3.10. The van der Waals surface area contributed by atoms with E-state index in [9.17, 15) is 19.8 Å². The van der Waals surface area contributed by atoms with Gasteiger partial charge in [0.1, 0.15) is 23.1 Å². The zero-order valence-electron chi connectivity index (χ0n) is 14.1. The Hall–Kier alpha value is -4.27. The molecule has 2 heterocycles. The first-order valence-electron chi connectivity index (χ1n) is 7.99. The number of hydrogen-bond acceptors (Lipinski definition) is 9. The lowest BCUT2D eigenvalue weighted by molar-refractivity contribution is 0.103. The van der Waals surface area contributed by atoms with Crippen molar-refractivity contribution in [3.63, 3.8) is 0 Å². The number of phenols is 1. The molecule has 0 aliphatic carbocycles. The Kier molecular flexibility index (Phi) is 4.17. The molecule has 0 fully saturated rings. The second-order valence-corrected chi connectivity index (χ2v) is 5.68. The highest BCUT2D eigenvalue weighted by molar-refractivity contribution is 6.11. The van der Waals surface area contributed by atoms with Crippen LogP contribution in [0.25, 0.3) is 11.1 Å². The Balaban J connectivity index is 1.72. The van der Waals surface area contributed by atoms with Gasteiger partial charge in [-0.05, 0) is 12.1 Å². The van der Waals surface area contributed by atoms with Gasteiger partial charge in [-0.15, -0.1) is 5.11 Å². The van der Waals surface area contributed by atoms with E-state index in [0.29, 0.717) is 11.1 Å². The van der Waals surface area contributed by atoms with Crippen molar-refractivity contribution in [2.45, 2.75) is 0 Å². The maximum Gasteiger partial charge on any atom is 0.367 e. The predicted octanol–water partition coefficient (Wildman–Crippen LogP) is 3.84. The number of phenolic OH excluding ortho intramolecular Hbond substituents is 1. The fourth-order valence-corrected chi connectivity index (χ4v) is 2.48. The van der Waals surface area contributed by atoms with Gasteiger partial charge in [0.15, 0.2) is 17.1 Å². The smallest absolute Gasteiger partial charge is 0.367 e. The summed E-state index contributed by atoms with van der Waals surface area (Å²) in [5, 5.41) is 27.1.